The molecule has 0 aliphatic heterocycles. The van der Waals surface area contributed by atoms with E-state index in [1.54, 1.807) is 6.92 Å². The second-order valence-electron chi connectivity index (χ2n) is 3.47. The number of carbonyl (C=O) groups is 1. The van der Waals surface area contributed by atoms with Crippen molar-refractivity contribution in [1.82, 2.24) is 5.32 Å². The van der Waals surface area contributed by atoms with Crippen molar-refractivity contribution in [2.45, 2.75) is 25.9 Å². The Bertz CT molecular complexity index is 382. The van der Waals surface area contributed by atoms with Crippen molar-refractivity contribution in [2.75, 3.05) is 0 Å². The Morgan fingerprint density at radius 3 is 2.81 bits per heavy atom. The molecule has 3 N–H and O–H groups in total. The van der Waals surface area contributed by atoms with Crippen LogP contribution in [0.3, 0.4) is 0 Å². The van der Waals surface area contributed by atoms with Crippen LogP contribution in [0.1, 0.15) is 18.9 Å². The van der Waals surface area contributed by atoms with Crippen LogP contribution >= 0.6 is 0 Å². The number of rotatable bonds is 4. The van der Waals surface area contributed by atoms with Gasteiger partial charge in [0.25, 0.3) is 0 Å². The summed E-state index contributed by atoms with van der Waals surface area (Å²) in [5, 5.41) is 2.45. The van der Waals surface area contributed by atoms with Gasteiger partial charge >= 0.3 is 0 Å². The molecule has 0 bridgehead atoms. The van der Waals surface area contributed by atoms with E-state index in [4.69, 9.17) is 5.73 Å². The molecule has 0 aliphatic carbocycles. The number of halogens is 2. The second kappa shape index (κ2) is 5.55. The molecule has 1 atom stereocenters. The molecule has 1 amide bonds. The van der Waals surface area contributed by atoms with Crippen molar-refractivity contribution in [3.63, 3.8) is 0 Å². The quantitative estimate of drug-likeness (QED) is 0.816. The summed E-state index contributed by atoms with van der Waals surface area (Å²) in [4.78, 5) is 11.3. The number of nitrogens with one attached hydrogen (secondary N) is 1. The van der Waals surface area contributed by atoms with Crippen LogP contribution in [0.15, 0.2) is 18.2 Å². The van der Waals surface area contributed by atoms with Crippen molar-refractivity contribution in [3.8, 4) is 0 Å². The SMILES string of the molecule is CC[C@H](N)C(=O)NCc1cc(F)ccc1F. The molecule has 16 heavy (non-hydrogen) atoms. The summed E-state index contributed by atoms with van der Waals surface area (Å²) >= 11 is 0. The second-order valence-corrected chi connectivity index (χ2v) is 3.47. The van der Waals surface area contributed by atoms with E-state index in [1.807, 2.05) is 0 Å². The van der Waals surface area contributed by atoms with E-state index in [1.165, 1.54) is 0 Å². The zero-order chi connectivity index (χ0) is 12.1. The Morgan fingerprint density at radius 2 is 2.19 bits per heavy atom. The summed E-state index contributed by atoms with van der Waals surface area (Å²) in [6, 6.07) is 2.49. The van der Waals surface area contributed by atoms with Crippen LogP contribution in [0.4, 0.5) is 8.78 Å². The zero-order valence-electron chi connectivity index (χ0n) is 8.97. The molecule has 3 nitrogen and oxygen atoms in total. The Kier molecular flexibility index (Phi) is 4.37. The topological polar surface area (TPSA) is 55.1 Å². The predicted molar refractivity (Wildman–Crippen MR) is 56.5 cm³/mol. The van der Waals surface area contributed by atoms with Crippen LogP contribution in [0, 0.1) is 11.6 Å². The molecule has 0 saturated heterocycles. The molecule has 1 aromatic rings. The molecule has 0 radical (unpaired) electrons. The lowest BCUT2D eigenvalue weighted by Gasteiger charge is -2.10. The predicted octanol–water partition coefficient (Wildman–Crippen LogP) is 1.32. The van der Waals surface area contributed by atoms with Gasteiger partial charge in [-0.05, 0) is 24.6 Å². The fourth-order valence-corrected chi connectivity index (χ4v) is 1.18. The van der Waals surface area contributed by atoms with E-state index >= 15 is 0 Å². The zero-order valence-corrected chi connectivity index (χ0v) is 8.97. The third-order valence-corrected chi connectivity index (χ3v) is 2.24. The summed E-state index contributed by atoms with van der Waals surface area (Å²) in [5.74, 6) is -1.46. The van der Waals surface area contributed by atoms with Crippen LogP contribution < -0.4 is 11.1 Å². The van der Waals surface area contributed by atoms with E-state index in [-0.39, 0.29) is 18.0 Å². The van der Waals surface area contributed by atoms with Crippen molar-refractivity contribution in [1.29, 1.82) is 0 Å². The Hall–Kier alpha value is -1.49. The molecule has 0 unspecified atom stereocenters. The van der Waals surface area contributed by atoms with Crippen molar-refractivity contribution in [2.24, 2.45) is 5.73 Å². The lowest BCUT2D eigenvalue weighted by atomic mass is 10.2. The fraction of sp³-hybridized carbons (Fsp3) is 0.364. The first kappa shape index (κ1) is 12.6. The first-order valence-corrected chi connectivity index (χ1v) is 5.01. The van der Waals surface area contributed by atoms with Crippen molar-refractivity contribution >= 4 is 5.91 Å². The van der Waals surface area contributed by atoms with Gasteiger partial charge in [-0.2, -0.15) is 0 Å². The standard InChI is InChI=1S/C11H14F2N2O/c1-2-10(14)11(16)15-6-7-5-8(12)3-4-9(7)13/h3-5,10H,2,6,14H2,1H3,(H,15,16)/t10-/m0/s1. The molecule has 0 aromatic heterocycles. The number of benzene rings is 1. The number of nitrogens with two attached hydrogens (primary N) is 1. The van der Waals surface area contributed by atoms with E-state index in [2.05, 4.69) is 5.32 Å². The van der Waals surface area contributed by atoms with Crippen molar-refractivity contribution < 1.29 is 13.6 Å². The highest BCUT2D eigenvalue weighted by molar-refractivity contribution is 5.81. The molecule has 88 valence electrons. The van der Waals surface area contributed by atoms with Gasteiger partial charge in [0.15, 0.2) is 0 Å². The van der Waals surface area contributed by atoms with E-state index in [0.29, 0.717) is 6.42 Å². The van der Waals surface area contributed by atoms with Gasteiger partial charge in [-0.15, -0.1) is 0 Å². The molecule has 0 spiro atoms. The average Bonchev–Trinajstić information content (AvgIpc) is 2.28. The molecule has 0 aliphatic rings. The molecule has 0 saturated carbocycles. The molecule has 0 fully saturated rings. The number of carbonyl (C=O) groups excluding carboxylic acids is 1. The molecular weight excluding hydrogens is 214 g/mol. The average molecular weight is 228 g/mol. The molecule has 1 aromatic carbocycles. The minimum absolute atomic E-state index is 0.0594. The Labute approximate surface area is 92.6 Å². The summed E-state index contributed by atoms with van der Waals surface area (Å²) < 4.78 is 25.9. The Balaban J connectivity index is 2.61. The minimum Gasteiger partial charge on any atom is -0.351 e. The number of amides is 1. The van der Waals surface area contributed by atoms with Crippen molar-refractivity contribution in [3.05, 3.63) is 35.4 Å². The largest absolute Gasteiger partial charge is 0.351 e. The molecule has 0 heterocycles. The van der Waals surface area contributed by atoms with Gasteiger partial charge in [-0.3, -0.25) is 4.79 Å². The smallest absolute Gasteiger partial charge is 0.237 e. The molecule has 5 heteroatoms. The minimum atomic E-state index is -0.614. The van der Waals surface area contributed by atoms with Crippen LogP contribution in [-0.2, 0) is 11.3 Å². The third kappa shape index (κ3) is 3.27. The van der Waals surface area contributed by atoms with E-state index in [9.17, 15) is 13.6 Å². The summed E-state index contributed by atoms with van der Waals surface area (Å²) in [6.45, 7) is 1.71. The number of hydrogen-bond donors (Lipinski definition) is 2. The highest BCUT2D eigenvalue weighted by Gasteiger charge is 2.11. The van der Waals surface area contributed by atoms with Gasteiger partial charge in [0.2, 0.25) is 5.91 Å². The van der Waals surface area contributed by atoms with E-state index in [0.717, 1.165) is 18.2 Å². The lowest BCUT2D eigenvalue weighted by molar-refractivity contribution is -0.122. The number of hydrogen-bond acceptors (Lipinski definition) is 2. The highest BCUT2D eigenvalue weighted by atomic mass is 19.1. The normalized spacial score (nSPS) is 12.2. The van der Waals surface area contributed by atoms with Gasteiger partial charge in [-0.25, -0.2) is 8.78 Å². The third-order valence-electron chi connectivity index (χ3n) is 2.24. The summed E-state index contributed by atoms with van der Waals surface area (Å²) in [6.07, 6.45) is 0.497. The first-order chi connectivity index (χ1) is 7.54. The maximum absolute atomic E-state index is 13.2. The van der Waals surface area contributed by atoms with Gasteiger partial charge in [0, 0.05) is 12.1 Å². The van der Waals surface area contributed by atoms with Gasteiger partial charge in [-0.1, -0.05) is 6.92 Å². The monoisotopic (exact) mass is 228 g/mol. The summed E-state index contributed by atoms with van der Waals surface area (Å²) in [7, 11) is 0. The van der Waals surface area contributed by atoms with E-state index < -0.39 is 17.7 Å². The van der Waals surface area contributed by atoms with Gasteiger partial charge in [0.1, 0.15) is 11.6 Å². The highest BCUT2D eigenvalue weighted by Crippen LogP contribution is 2.09. The summed E-state index contributed by atoms with van der Waals surface area (Å²) in [5.41, 5.74) is 5.58. The maximum Gasteiger partial charge on any atom is 0.237 e. The Morgan fingerprint density at radius 1 is 1.50 bits per heavy atom. The molecule has 1 rings (SSSR count). The van der Waals surface area contributed by atoms with Crippen LogP contribution in [0.5, 0.6) is 0 Å². The fourth-order valence-electron chi connectivity index (χ4n) is 1.18. The lowest BCUT2D eigenvalue weighted by Crippen LogP contribution is -2.39. The van der Waals surface area contributed by atoms with Gasteiger partial charge < -0.3 is 11.1 Å². The van der Waals surface area contributed by atoms with Crippen LogP contribution in [-0.4, -0.2) is 11.9 Å². The van der Waals surface area contributed by atoms with Crippen LogP contribution in [0.25, 0.3) is 0 Å². The van der Waals surface area contributed by atoms with Crippen LogP contribution in [0.2, 0.25) is 0 Å². The van der Waals surface area contributed by atoms with Gasteiger partial charge in [0.05, 0.1) is 6.04 Å². The first-order valence-electron chi connectivity index (χ1n) is 5.01. The maximum atomic E-state index is 13.2. The molecular formula is C11H14F2N2O.